The molecule has 2 heterocycles. The van der Waals surface area contributed by atoms with Crippen molar-refractivity contribution in [3.8, 4) is 5.75 Å². The van der Waals surface area contributed by atoms with E-state index in [0.29, 0.717) is 5.56 Å². The maximum Gasteiger partial charge on any atom is 0.573 e. The van der Waals surface area contributed by atoms with Crippen LogP contribution in [0.5, 0.6) is 5.75 Å². The van der Waals surface area contributed by atoms with Gasteiger partial charge in [0.15, 0.2) is 0 Å². The van der Waals surface area contributed by atoms with Crippen molar-refractivity contribution in [3.63, 3.8) is 0 Å². The van der Waals surface area contributed by atoms with E-state index in [2.05, 4.69) is 25.1 Å². The van der Waals surface area contributed by atoms with Gasteiger partial charge in [0, 0.05) is 25.5 Å². The van der Waals surface area contributed by atoms with Crippen molar-refractivity contribution in [1.82, 2.24) is 24.5 Å². The first-order chi connectivity index (χ1) is 18.3. The molecule has 17 heteroatoms. The van der Waals surface area contributed by atoms with Crippen molar-refractivity contribution < 1.29 is 40.4 Å². The predicted molar refractivity (Wildman–Crippen MR) is 130 cm³/mol. The summed E-state index contributed by atoms with van der Waals surface area (Å²) in [5.74, 6) is -0.959. The molecule has 3 atom stereocenters. The third-order valence-electron chi connectivity index (χ3n) is 5.71. The molecule has 39 heavy (non-hydrogen) atoms. The average molecular weight is 591 g/mol. The standard InChI is InChI=1S/C22H22ClF3N6O6S/c1-27-39(35,36)38-19-8-13(7-17(19)33)30-21-14(9-28-11-29-21)20(34)16-4-5-32(31-16)10-12-2-3-15(23)18(6-12)37-22(24,25)26/h2-6,9,11,13,17,19,27,33H,7-8,10H2,1H3,(H,28,29,30)/t13-,17+,19-/m1/s1. The smallest absolute Gasteiger partial charge is 0.404 e. The molecule has 1 aliphatic rings. The number of halogens is 4. The number of carbonyl (C=O) groups excluding carboxylic acids is 1. The molecule has 4 rings (SSSR count). The van der Waals surface area contributed by atoms with E-state index < -0.39 is 46.4 Å². The quantitative estimate of drug-likeness (QED) is 0.299. The normalized spacial score (nSPS) is 19.7. The van der Waals surface area contributed by atoms with Gasteiger partial charge in [-0.15, -0.1) is 13.2 Å². The molecule has 0 saturated heterocycles. The van der Waals surface area contributed by atoms with Gasteiger partial charge in [0.2, 0.25) is 5.78 Å². The van der Waals surface area contributed by atoms with Gasteiger partial charge in [-0.3, -0.25) is 13.7 Å². The molecule has 3 aromatic rings. The summed E-state index contributed by atoms with van der Waals surface area (Å²) in [7, 11) is -2.83. The van der Waals surface area contributed by atoms with Crippen molar-refractivity contribution in [1.29, 1.82) is 0 Å². The Balaban J connectivity index is 1.46. The first-order valence-electron chi connectivity index (χ1n) is 11.3. The number of nitrogens with zero attached hydrogens (tertiary/aromatic N) is 4. The van der Waals surface area contributed by atoms with E-state index in [0.717, 1.165) is 6.07 Å². The molecule has 1 aliphatic carbocycles. The molecule has 0 amide bonds. The summed E-state index contributed by atoms with van der Waals surface area (Å²) in [6.45, 7) is 0.0198. The van der Waals surface area contributed by atoms with Crippen molar-refractivity contribution in [2.24, 2.45) is 0 Å². The SMILES string of the molecule is CNS(=O)(=O)O[C@@H]1C[C@H](Nc2ncncc2C(=O)c2ccn(Cc3ccc(Cl)c(OC(F)(F)F)c3)n2)C[C@@H]1O. The molecule has 1 fully saturated rings. The van der Waals surface area contributed by atoms with Crippen LogP contribution >= 0.6 is 11.6 Å². The van der Waals surface area contributed by atoms with E-state index in [1.807, 2.05) is 4.72 Å². The van der Waals surface area contributed by atoms with Gasteiger partial charge in [-0.05, 0) is 36.6 Å². The number of nitrogens with one attached hydrogen (secondary N) is 2. The van der Waals surface area contributed by atoms with Crippen LogP contribution in [-0.4, -0.2) is 70.7 Å². The van der Waals surface area contributed by atoms with Crippen LogP contribution in [0.4, 0.5) is 19.0 Å². The van der Waals surface area contributed by atoms with Crippen LogP contribution in [0.25, 0.3) is 0 Å². The number of ketones is 1. The molecular formula is C22H22ClF3N6O6S. The van der Waals surface area contributed by atoms with Gasteiger partial charge in [0.05, 0.1) is 23.2 Å². The number of aromatic nitrogens is 4. The second-order valence-electron chi connectivity index (χ2n) is 8.50. The number of benzene rings is 1. The number of anilines is 1. The summed E-state index contributed by atoms with van der Waals surface area (Å²) < 4.78 is 73.4. The zero-order valence-corrected chi connectivity index (χ0v) is 21.7. The van der Waals surface area contributed by atoms with Gasteiger partial charge in [-0.25, -0.2) is 9.97 Å². The highest BCUT2D eigenvalue weighted by Crippen LogP contribution is 2.31. The summed E-state index contributed by atoms with van der Waals surface area (Å²) in [6.07, 6.45) is -2.76. The van der Waals surface area contributed by atoms with E-state index >= 15 is 0 Å². The highest BCUT2D eigenvalue weighted by Gasteiger charge is 2.37. The lowest BCUT2D eigenvalue weighted by molar-refractivity contribution is -0.274. The topological polar surface area (TPSA) is 158 Å². The maximum absolute atomic E-state index is 13.2. The molecule has 2 aromatic heterocycles. The first-order valence-corrected chi connectivity index (χ1v) is 13.1. The molecule has 1 saturated carbocycles. The van der Waals surface area contributed by atoms with Crippen LogP contribution in [-0.2, 0) is 21.0 Å². The molecule has 0 bridgehead atoms. The minimum atomic E-state index is -4.91. The van der Waals surface area contributed by atoms with Crippen molar-refractivity contribution >= 4 is 33.5 Å². The summed E-state index contributed by atoms with van der Waals surface area (Å²) in [5, 5.41) is 17.2. The third-order valence-corrected chi connectivity index (χ3v) is 7.02. The Hall–Kier alpha value is -3.31. The molecule has 1 aromatic carbocycles. The fraction of sp³-hybridized carbons (Fsp3) is 0.364. The van der Waals surface area contributed by atoms with Crippen LogP contribution in [0.1, 0.15) is 34.5 Å². The molecule has 210 valence electrons. The summed E-state index contributed by atoms with van der Waals surface area (Å²) in [6, 6.07) is 4.84. The number of alkyl halides is 3. The zero-order valence-electron chi connectivity index (χ0n) is 20.1. The molecule has 0 unspecified atom stereocenters. The first kappa shape index (κ1) is 28.7. The van der Waals surface area contributed by atoms with Crippen LogP contribution in [0.3, 0.4) is 0 Å². The predicted octanol–water partition coefficient (Wildman–Crippen LogP) is 2.29. The second-order valence-corrected chi connectivity index (χ2v) is 10.4. The lowest BCUT2D eigenvalue weighted by Crippen LogP contribution is -2.31. The molecule has 12 nitrogen and oxygen atoms in total. The van der Waals surface area contributed by atoms with E-state index in [4.69, 9.17) is 15.8 Å². The van der Waals surface area contributed by atoms with Crippen LogP contribution in [0.2, 0.25) is 5.02 Å². The van der Waals surface area contributed by atoms with Gasteiger partial charge in [0.25, 0.3) is 0 Å². The van der Waals surface area contributed by atoms with Gasteiger partial charge in [-0.1, -0.05) is 17.7 Å². The third kappa shape index (κ3) is 7.42. The number of aliphatic hydroxyl groups is 1. The number of hydrogen-bond acceptors (Lipinski definition) is 10. The van der Waals surface area contributed by atoms with E-state index in [9.17, 15) is 31.5 Å². The number of carbonyl (C=O) groups is 1. The van der Waals surface area contributed by atoms with E-state index in [1.54, 1.807) is 0 Å². The summed E-state index contributed by atoms with van der Waals surface area (Å²) in [5.41, 5.74) is 0.473. The summed E-state index contributed by atoms with van der Waals surface area (Å²) in [4.78, 5) is 21.2. The molecule has 0 radical (unpaired) electrons. The zero-order chi connectivity index (χ0) is 28.4. The fourth-order valence-electron chi connectivity index (χ4n) is 3.96. The maximum atomic E-state index is 13.2. The van der Waals surface area contributed by atoms with Crippen molar-refractivity contribution in [2.75, 3.05) is 12.4 Å². The van der Waals surface area contributed by atoms with Crippen molar-refractivity contribution in [2.45, 2.75) is 44.0 Å². The van der Waals surface area contributed by atoms with Crippen LogP contribution < -0.4 is 14.8 Å². The van der Waals surface area contributed by atoms with Gasteiger partial charge >= 0.3 is 16.7 Å². The lowest BCUT2D eigenvalue weighted by Gasteiger charge is -2.15. The highest BCUT2D eigenvalue weighted by molar-refractivity contribution is 7.84. The number of hydrogen-bond donors (Lipinski definition) is 3. The fourth-order valence-corrected chi connectivity index (χ4v) is 4.74. The minimum absolute atomic E-state index is 0.0151. The van der Waals surface area contributed by atoms with Gasteiger partial charge in [0.1, 0.15) is 29.7 Å². The van der Waals surface area contributed by atoms with Gasteiger partial charge < -0.3 is 15.2 Å². The average Bonchev–Trinajstić information content (AvgIpc) is 3.46. The van der Waals surface area contributed by atoms with E-state index in [1.165, 1.54) is 48.6 Å². The Kier molecular flexibility index (Phi) is 8.41. The monoisotopic (exact) mass is 590 g/mol. The Morgan fingerprint density at radius 2 is 2.05 bits per heavy atom. The number of ether oxygens (including phenoxy) is 1. The molecule has 3 N–H and O–H groups in total. The number of aliphatic hydroxyl groups excluding tert-OH is 1. The van der Waals surface area contributed by atoms with Crippen LogP contribution in [0.15, 0.2) is 43.0 Å². The summed E-state index contributed by atoms with van der Waals surface area (Å²) >= 11 is 5.78. The largest absolute Gasteiger partial charge is 0.573 e. The minimum Gasteiger partial charge on any atom is -0.404 e. The van der Waals surface area contributed by atoms with Gasteiger partial charge in [-0.2, -0.15) is 18.2 Å². The Bertz CT molecular complexity index is 1450. The highest BCUT2D eigenvalue weighted by atomic mass is 35.5. The van der Waals surface area contributed by atoms with Crippen molar-refractivity contribution in [3.05, 3.63) is 64.8 Å². The van der Waals surface area contributed by atoms with Crippen LogP contribution in [0, 0.1) is 0 Å². The van der Waals surface area contributed by atoms with E-state index in [-0.39, 0.29) is 41.5 Å². The Labute approximate surface area is 225 Å². The molecular weight excluding hydrogens is 569 g/mol. The Morgan fingerprint density at radius 1 is 1.28 bits per heavy atom. The molecule has 0 spiro atoms. The molecule has 0 aliphatic heterocycles. The lowest BCUT2D eigenvalue weighted by atomic mass is 10.1. The second kappa shape index (κ2) is 11.4. The number of rotatable bonds is 10. The Morgan fingerprint density at radius 3 is 2.77 bits per heavy atom.